The highest BCUT2D eigenvalue weighted by molar-refractivity contribution is 6.04. The fourth-order valence-electron chi connectivity index (χ4n) is 3.17. The maximum absolute atomic E-state index is 11.6. The van der Waals surface area contributed by atoms with E-state index in [1.807, 2.05) is 18.2 Å². The van der Waals surface area contributed by atoms with Gasteiger partial charge in [0, 0.05) is 5.56 Å². The van der Waals surface area contributed by atoms with E-state index >= 15 is 0 Å². The summed E-state index contributed by atoms with van der Waals surface area (Å²) >= 11 is 0. The number of hydrogen-bond acceptors (Lipinski definition) is 5. The number of carboxylic acid groups (broad SMARTS) is 1. The van der Waals surface area contributed by atoms with E-state index in [2.05, 4.69) is 19.1 Å². The number of benzene rings is 2. The number of carbonyl (C=O) groups excluding carboxylic acids is 2. The zero-order valence-electron chi connectivity index (χ0n) is 16.7. The number of methoxy groups -OCH3 is 1. The first-order valence-corrected chi connectivity index (χ1v) is 9.62. The van der Waals surface area contributed by atoms with E-state index < -0.39 is 11.9 Å². The fraction of sp³-hybridized carbons (Fsp3) is 0.348. The first-order chi connectivity index (χ1) is 14.0. The Morgan fingerprint density at radius 3 is 2.48 bits per heavy atom. The molecule has 0 fully saturated rings. The minimum Gasteiger partial charge on any atom is -0.478 e. The molecule has 1 N–H and O–H groups in total. The number of rotatable bonds is 7. The van der Waals surface area contributed by atoms with Crippen molar-refractivity contribution >= 4 is 17.9 Å². The highest BCUT2D eigenvalue weighted by atomic mass is 16.5. The molecule has 154 valence electrons. The van der Waals surface area contributed by atoms with Crippen molar-refractivity contribution in [3.05, 3.63) is 70.8 Å². The molecule has 0 aliphatic carbocycles. The maximum atomic E-state index is 11.6. The lowest BCUT2D eigenvalue weighted by molar-refractivity contribution is -0.145. The molecule has 6 nitrogen and oxygen atoms in total. The van der Waals surface area contributed by atoms with Crippen LogP contribution in [-0.4, -0.2) is 30.1 Å². The van der Waals surface area contributed by atoms with Crippen molar-refractivity contribution in [2.24, 2.45) is 5.92 Å². The highest BCUT2D eigenvalue weighted by Gasteiger charge is 2.26. The molecule has 0 amide bonds. The molecule has 29 heavy (non-hydrogen) atoms. The van der Waals surface area contributed by atoms with Crippen LogP contribution in [0.25, 0.3) is 0 Å². The molecule has 0 saturated carbocycles. The molecule has 2 aromatic carbocycles. The minimum absolute atomic E-state index is 0.00681. The summed E-state index contributed by atoms with van der Waals surface area (Å²) in [7, 11) is 1.46. The Morgan fingerprint density at radius 2 is 1.86 bits per heavy atom. The first-order valence-electron chi connectivity index (χ1n) is 9.62. The molecule has 6 heteroatoms. The van der Waals surface area contributed by atoms with Crippen LogP contribution in [0.1, 0.15) is 58.0 Å². The third-order valence-electron chi connectivity index (χ3n) is 4.71. The van der Waals surface area contributed by atoms with Crippen molar-refractivity contribution in [3.8, 4) is 0 Å². The zero-order chi connectivity index (χ0) is 21.2. The molecule has 1 heterocycles. The Kier molecular flexibility index (Phi) is 8.40. The average molecular weight is 398 g/mol. The summed E-state index contributed by atoms with van der Waals surface area (Å²) in [6.07, 6.45) is 3.89. The van der Waals surface area contributed by atoms with Gasteiger partial charge in [-0.15, -0.1) is 0 Å². The number of aromatic carboxylic acids is 1. The third kappa shape index (κ3) is 6.17. The molecular weight excluding hydrogens is 372 g/mol. The summed E-state index contributed by atoms with van der Waals surface area (Å²) in [6, 6.07) is 14.8. The Morgan fingerprint density at radius 1 is 1.14 bits per heavy atom. The number of ether oxygens (including phenoxy) is 2. The number of cyclic esters (lactones) is 1. The van der Waals surface area contributed by atoms with Crippen molar-refractivity contribution < 1.29 is 29.0 Å². The van der Waals surface area contributed by atoms with Gasteiger partial charge in [0.05, 0.1) is 24.2 Å². The maximum Gasteiger partial charge on any atom is 0.339 e. The lowest BCUT2D eigenvalue weighted by Crippen LogP contribution is -2.18. The van der Waals surface area contributed by atoms with Crippen molar-refractivity contribution in [2.75, 3.05) is 7.11 Å². The molecule has 0 bridgehead atoms. The largest absolute Gasteiger partial charge is 0.478 e. The van der Waals surface area contributed by atoms with Gasteiger partial charge in [-0.05, 0) is 24.5 Å². The Hall–Kier alpha value is -3.15. The number of fused-ring (bicyclic) bond motifs is 1. The van der Waals surface area contributed by atoms with Crippen molar-refractivity contribution in [3.63, 3.8) is 0 Å². The van der Waals surface area contributed by atoms with E-state index in [0.29, 0.717) is 5.56 Å². The molecule has 0 spiro atoms. The molecule has 1 aliphatic rings. The third-order valence-corrected chi connectivity index (χ3v) is 4.71. The summed E-state index contributed by atoms with van der Waals surface area (Å²) in [6.45, 7) is 2.31. The van der Waals surface area contributed by atoms with Crippen LogP contribution >= 0.6 is 0 Å². The molecule has 0 radical (unpaired) electrons. The second-order valence-corrected chi connectivity index (χ2v) is 6.77. The summed E-state index contributed by atoms with van der Waals surface area (Å²) in [5.41, 5.74) is 2.05. The van der Waals surface area contributed by atoms with Crippen molar-refractivity contribution in [2.45, 2.75) is 39.2 Å². The predicted octanol–water partition coefficient (Wildman–Crippen LogP) is 4.26. The van der Waals surface area contributed by atoms with Gasteiger partial charge in [0.1, 0.15) is 6.61 Å². The number of esters is 2. The quantitative estimate of drug-likeness (QED) is 0.701. The number of hydrogen-bond donors (Lipinski definition) is 1. The lowest BCUT2D eigenvalue weighted by Gasteiger charge is -2.14. The van der Waals surface area contributed by atoms with Crippen LogP contribution in [0.15, 0.2) is 48.5 Å². The van der Waals surface area contributed by atoms with Crippen LogP contribution in [0.5, 0.6) is 0 Å². The van der Waals surface area contributed by atoms with Gasteiger partial charge < -0.3 is 14.6 Å². The van der Waals surface area contributed by atoms with Crippen molar-refractivity contribution in [1.82, 2.24) is 0 Å². The summed E-state index contributed by atoms with van der Waals surface area (Å²) < 4.78 is 9.55. The monoisotopic (exact) mass is 398 g/mol. The average Bonchev–Trinajstić information content (AvgIpc) is 3.12. The Balaban J connectivity index is 0.000000211. The molecule has 1 atom stereocenters. The van der Waals surface area contributed by atoms with Crippen LogP contribution in [-0.2, 0) is 27.3 Å². The van der Waals surface area contributed by atoms with Gasteiger partial charge in [0.15, 0.2) is 0 Å². The number of unbranched alkanes of at least 4 members (excludes halogenated alkanes) is 1. The lowest BCUT2D eigenvalue weighted by atomic mass is 9.94. The summed E-state index contributed by atoms with van der Waals surface area (Å²) in [5, 5.41) is 8.76. The fourth-order valence-corrected chi connectivity index (χ4v) is 3.17. The molecule has 2 aromatic rings. The van der Waals surface area contributed by atoms with Gasteiger partial charge in [-0.1, -0.05) is 62.2 Å². The molecule has 1 aliphatic heterocycles. The summed E-state index contributed by atoms with van der Waals surface area (Å²) in [5.74, 6) is -1.73. The second-order valence-electron chi connectivity index (χ2n) is 6.77. The number of carbonyl (C=O) groups is 3. The molecule has 0 aromatic heterocycles. The van der Waals surface area contributed by atoms with E-state index in [1.165, 1.54) is 18.7 Å². The summed E-state index contributed by atoms with van der Waals surface area (Å²) in [4.78, 5) is 33.4. The Labute approximate surface area is 170 Å². The zero-order valence-corrected chi connectivity index (χ0v) is 16.7. The van der Waals surface area contributed by atoms with Crippen LogP contribution in [0.4, 0.5) is 0 Å². The van der Waals surface area contributed by atoms with Gasteiger partial charge in [-0.2, -0.15) is 0 Å². The van der Waals surface area contributed by atoms with E-state index in [9.17, 15) is 14.4 Å². The van der Waals surface area contributed by atoms with Crippen molar-refractivity contribution in [1.29, 1.82) is 0 Å². The van der Waals surface area contributed by atoms with E-state index in [0.717, 1.165) is 25.7 Å². The van der Waals surface area contributed by atoms with Gasteiger partial charge in [-0.3, -0.25) is 4.79 Å². The highest BCUT2D eigenvalue weighted by Crippen LogP contribution is 2.23. The van der Waals surface area contributed by atoms with Crippen LogP contribution < -0.4 is 0 Å². The molecule has 3 rings (SSSR count). The van der Waals surface area contributed by atoms with Gasteiger partial charge >= 0.3 is 17.9 Å². The van der Waals surface area contributed by atoms with Gasteiger partial charge in [0.2, 0.25) is 0 Å². The van der Waals surface area contributed by atoms with Gasteiger partial charge in [-0.25, -0.2) is 9.59 Å². The SMILES string of the molecule is CCCCC(Cc1ccccc1)C(=O)OC.O=C(O)c1cccc2c1C(=O)OC2. The van der Waals surface area contributed by atoms with E-state index in [1.54, 1.807) is 12.1 Å². The van der Waals surface area contributed by atoms with Crippen LogP contribution in [0.2, 0.25) is 0 Å². The molecular formula is C23H26O6. The molecule has 0 saturated heterocycles. The predicted molar refractivity (Wildman–Crippen MR) is 108 cm³/mol. The smallest absolute Gasteiger partial charge is 0.339 e. The van der Waals surface area contributed by atoms with Gasteiger partial charge in [0.25, 0.3) is 0 Å². The topological polar surface area (TPSA) is 89.9 Å². The van der Waals surface area contributed by atoms with E-state index in [-0.39, 0.29) is 29.6 Å². The number of carboxylic acids is 1. The second kappa shape index (κ2) is 11.0. The minimum atomic E-state index is -1.10. The van der Waals surface area contributed by atoms with Crippen LogP contribution in [0, 0.1) is 5.92 Å². The first kappa shape index (κ1) is 22.1. The van der Waals surface area contributed by atoms with Crippen LogP contribution in [0.3, 0.4) is 0 Å². The standard InChI is InChI=1S/C14H20O2.C9H6O4/c1-3-4-10-13(14(15)16-2)11-12-8-6-5-7-9-12;10-8(11)6-3-1-2-5-4-13-9(12)7(5)6/h5-9,13H,3-4,10-11H2,1-2H3;1-3H,4H2,(H,10,11). The normalized spacial score (nSPS) is 12.8. The molecule has 1 unspecified atom stereocenters. The van der Waals surface area contributed by atoms with E-state index in [4.69, 9.17) is 14.6 Å². The Bertz CT molecular complexity index is 844.